The lowest BCUT2D eigenvalue weighted by atomic mass is 10.1. The molecule has 1 N–H and O–H groups in total. The normalized spacial score (nSPS) is 11.5. The van der Waals surface area contributed by atoms with Crippen molar-refractivity contribution < 1.29 is 9.18 Å². The van der Waals surface area contributed by atoms with Crippen molar-refractivity contribution in [1.29, 1.82) is 0 Å². The van der Waals surface area contributed by atoms with Crippen LogP contribution in [-0.2, 0) is 11.8 Å². The highest BCUT2D eigenvalue weighted by molar-refractivity contribution is 9.10. The van der Waals surface area contributed by atoms with Gasteiger partial charge in [0, 0.05) is 23.2 Å². The first kappa shape index (κ1) is 19.0. The molecule has 0 saturated heterocycles. The minimum absolute atomic E-state index is 0.266. The van der Waals surface area contributed by atoms with Crippen LogP contribution in [0.15, 0.2) is 59.1 Å². The zero-order valence-electron chi connectivity index (χ0n) is 15.3. The van der Waals surface area contributed by atoms with Crippen LogP contribution in [-0.4, -0.2) is 15.7 Å². The number of hydrogen-bond acceptors (Lipinski definition) is 2. The van der Waals surface area contributed by atoms with Gasteiger partial charge in [0.15, 0.2) is 0 Å². The van der Waals surface area contributed by atoms with Crippen molar-refractivity contribution in [2.45, 2.75) is 13.8 Å². The van der Waals surface area contributed by atoms with Gasteiger partial charge in [-0.1, -0.05) is 40.2 Å². The summed E-state index contributed by atoms with van der Waals surface area (Å²) in [5.41, 5.74) is 4.22. The number of carbonyl (C=O) groups excluding carboxylic acids is 1. The smallest absolute Gasteiger partial charge is 0.249 e. The summed E-state index contributed by atoms with van der Waals surface area (Å²) >= 11 is 3.43. The van der Waals surface area contributed by atoms with E-state index in [-0.39, 0.29) is 11.7 Å². The zero-order valence-corrected chi connectivity index (χ0v) is 16.8. The molecular weight excluding hydrogens is 409 g/mol. The van der Waals surface area contributed by atoms with E-state index in [0.29, 0.717) is 5.82 Å². The Morgan fingerprint density at radius 2 is 1.78 bits per heavy atom. The number of hydrogen-bond donors (Lipinski definition) is 1. The maximum Gasteiger partial charge on any atom is 0.249 e. The summed E-state index contributed by atoms with van der Waals surface area (Å²) in [5, 5.41) is 7.36. The van der Waals surface area contributed by atoms with Gasteiger partial charge in [-0.15, -0.1) is 0 Å². The first-order valence-electron chi connectivity index (χ1n) is 8.40. The van der Waals surface area contributed by atoms with E-state index in [1.807, 2.05) is 38.1 Å². The molecule has 0 radical (unpaired) electrons. The lowest BCUT2D eigenvalue weighted by molar-refractivity contribution is -0.111. The Morgan fingerprint density at radius 1 is 1.15 bits per heavy atom. The predicted octanol–water partition coefficient (Wildman–Crippen LogP) is 5.34. The molecule has 4 nitrogen and oxygen atoms in total. The number of rotatable bonds is 4. The third-order valence-corrected chi connectivity index (χ3v) is 4.77. The highest BCUT2D eigenvalue weighted by Crippen LogP contribution is 2.32. The number of amides is 1. The molecule has 0 unspecified atom stereocenters. The number of carbonyl (C=O) groups is 1. The van der Waals surface area contributed by atoms with Crippen LogP contribution >= 0.6 is 15.9 Å². The summed E-state index contributed by atoms with van der Waals surface area (Å²) in [6.07, 6.45) is 1.50. The number of allylic oxidation sites excluding steroid dienone is 1. The largest absolute Gasteiger partial charge is 0.307 e. The Bertz CT molecular complexity index is 1010. The van der Waals surface area contributed by atoms with Crippen molar-refractivity contribution >= 4 is 33.2 Å². The van der Waals surface area contributed by atoms with E-state index in [1.165, 1.54) is 18.2 Å². The lowest BCUT2D eigenvalue weighted by Crippen LogP contribution is -2.12. The van der Waals surface area contributed by atoms with E-state index >= 15 is 0 Å². The number of aryl methyl sites for hydroxylation is 2. The van der Waals surface area contributed by atoms with Crippen molar-refractivity contribution in [3.8, 4) is 11.1 Å². The average molecular weight is 428 g/mol. The number of nitrogens with zero attached hydrogens (tertiary/aromatic N) is 2. The number of halogens is 2. The number of nitrogens with one attached hydrogen (secondary N) is 1. The first-order valence-corrected chi connectivity index (χ1v) is 9.19. The van der Waals surface area contributed by atoms with Gasteiger partial charge < -0.3 is 5.32 Å². The van der Waals surface area contributed by atoms with Crippen LogP contribution in [0.25, 0.3) is 16.7 Å². The van der Waals surface area contributed by atoms with Gasteiger partial charge in [-0.3, -0.25) is 9.48 Å². The molecule has 1 aromatic heterocycles. The zero-order chi connectivity index (χ0) is 19.6. The van der Waals surface area contributed by atoms with Crippen LogP contribution in [0, 0.1) is 12.7 Å². The Hall–Kier alpha value is -2.73. The van der Waals surface area contributed by atoms with Gasteiger partial charge >= 0.3 is 0 Å². The number of benzene rings is 2. The molecule has 1 heterocycles. The summed E-state index contributed by atoms with van der Waals surface area (Å²) in [6, 6.07) is 13.9. The monoisotopic (exact) mass is 427 g/mol. The van der Waals surface area contributed by atoms with Crippen molar-refractivity contribution in [2.24, 2.45) is 7.05 Å². The minimum Gasteiger partial charge on any atom is -0.307 e. The van der Waals surface area contributed by atoms with Crippen molar-refractivity contribution in [3.05, 3.63) is 76.2 Å². The Kier molecular flexibility index (Phi) is 5.56. The SMILES string of the molecule is CC(=CC(=O)Nc1c(-c2ccc(Br)cc2)c(C)nn1C)c1ccc(F)cc1. The van der Waals surface area contributed by atoms with Gasteiger partial charge in [0.1, 0.15) is 11.6 Å². The lowest BCUT2D eigenvalue weighted by Gasteiger charge is -2.09. The molecule has 0 bridgehead atoms. The quantitative estimate of drug-likeness (QED) is 0.571. The third-order valence-electron chi connectivity index (χ3n) is 4.24. The van der Waals surface area contributed by atoms with Crippen LogP contribution in [0.5, 0.6) is 0 Å². The highest BCUT2D eigenvalue weighted by atomic mass is 79.9. The van der Waals surface area contributed by atoms with Crippen molar-refractivity contribution in [1.82, 2.24) is 9.78 Å². The summed E-state index contributed by atoms with van der Waals surface area (Å²) in [5.74, 6) is 0.0571. The Morgan fingerprint density at radius 3 is 2.41 bits per heavy atom. The molecule has 1 amide bonds. The average Bonchev–Trinajstić information content (AvgIpc) is 2.89. The van der Waals surface area contributed by atoms with Crippen LogP contribution in [0.1, 0.15) is 18.2 Å². The van der Waals surface area contributed by atoms with E-state index in [9.17, 15) is 9.18 Å². The maximum absolute atomic E-state index is 13.1. The molecule has 0 atom stereocenters. The molecule has 3 rings (SSSR count). The highest BCUT2D eigenvalue weighted by Gasteiger charge is 2.17. The number of aromatic nitrogens is 2. The van der Waals surface area contributed by atoms with E-state index in [0.717, 1.165) is 32.4 Å². The predicted molar refractivity (Wildman–Crippen MR) is 110 cm³/mol. The van der Waals surface area contributed by atoms with Gasteiger partial charge in [-0.2, -0.15) is 5.10 Å². The van der Waals surface area contributed by atoms with Gasteiger partial charge in [0.25, 0.3) is 0 Å². The van der Waals surface area contributed by atoms with Crippen molar-refractivity contribution in [3.63, 3.8) is 0 Å². The molecule has 3 aromatic rings. The Labute approximate surface area is 165 Å². The second kappa shape index (κ2) is 7.88. The molecule has 138 valence electrons. The van der Waals surface area contributed by atoms with Gasteiger partial charge in [-0.25, -0.2) is 4.39 Å². The summed E-state index contributed by atoms with van der Waals surface area (Å²) in [7, 11) is 1.79. The molecule has 0 fully saturated rings. The number of anilines is 1. The fourth-order valence-electron chi connectivity index (χ4n) is 2.91. The molecule has 0 saturated carbocycles. The summed E-state index contributed by atoms with van der Waals surface area (Å²) < 4.78 is 15.7. The van der Waals surface area contributed by atoms with Crippen LogP contribution in [0.4, 0.5) is 10.2 Å². The molecular formula is C21H19BrFN3O. The Balaban J connectivity index is 1.89. The van der Waals surface area contributed by atoms with E-state index in [2.05, 4.69) is 26.3 Å². The fraction of sp³-hybridized carbons (Fsp3) is 0.143. The topological polar surface area (TPSA) is 46.9 Å². The molecule has 0 aliphatic rings. The van der Waals surface area contributed by atoms with E-state index in [1.54, 1.807) is 23.9 Å². The fourth-order valence-corrected chi connectivity index (χ4v) is 3.17. The molecule has 6 heteroatoms. The van der Waals surface area contributed by atoms with Crippen LogP contribution < -0.4 is 5.32 Å². The second-order valence-corrected chi connectivity index (χ2v) is 7.18. The molecule has 0 spiro atoms. The summed E-state index contributed by atoms with van der Waals surface area (Å²) in [4.78, 5) is 12.6. The van der Waals surface area contributed by atoms with Crippen molar-refractivity contribution in [2.75, 3.05) is 5.32 Å². The van der Waals surface area contributed by atoms with Gasteiger partial charge in [0.05, 0.1) is 5.69 Å². The molecule has 0 aliphatic carbocycles. The van der Waals surface area contributed by atoms with E-state index < -0.39 is 0 Å². The summed E-state index contributed by atoms with van der Waals surface area (Å²) in [6.45, 7) is 3.73. The minimum atomic E-state index is -0.305. The second-order valence-electron chi connectivity index (χ2n) is 6.26. The van der Waals surface area contributed by atoms with Crippen LogP contribution in [0.2, 0.25) is 0 Å². The van der Waals surface area contributed by atoms with Crippen LogP contribution in [0.3, 0.4) is 0 Å². The first-order chi connectivity index (χ1) is 12.8. The van der Waals surface area contributed by atoms with Gasteiger partial charge in [-0.05, 0) is 54.8 Å². The molecule has 27 heavy (non-hydrogen) atoms. The van der Waals surface area contributed by atoms with E-state index in [4.69, 9.17) is 0 Å². The third kappa shape index (κ3) is 4.34. The van der Waals surface area contributed by atoms with Gasteiger partial charge in [0.2, 0.25) is 5.91 Å². The molecule has 0 aliphatic heterocycles. The standard InChI is InChI=1S/C21H19BrFN3O/c1-13(15-6-10-18(23)11-7-15)12-19(27)24-21-20(14(2)25-26(21)3)16-4-8-17(22)9-5-16/h4-12H,1-3H3,(H,24,27). The molecule has 2 aromatic carbocycles. The maximum atomic E-state index is 13.1.